The van der Waals surface area contributed by atoms with Crippen molar-refractivity contribution in [2.75, 3.05) is 0 Å². The molecule has 0 bridgehead atoms. The number of nitrogens with zero attached hydrogens (tertiary/aromatic N) is 1. The maximum absolute atomic E-state index is 11.4. The molecule has 2 aromatic carbocycles. The Bertz CT molecular complexity index is 1070. The summed E-state index contributed by atoms with van der Waals surface area (Å²) >= 11 is 6.01. The number of benzene rings is 2. The molecule has 1 saturated carbocycles. The van der Waals surface area contributed by atoms with E-state index in [0.29, 0.717) is 16.5 Å². The maximum Gasteiger partial charge on any atom is 0.238 e. The molecule has 3 aromatic rings. The standard InChI is InChI=1S/C18H17ClN2O3S/c1-18(2)15(10-3-6-12(7-4-10)25(20,22)23)16(18)17-21-13-8-5-11(19)9-14(13)24-17/h3-9,15-16H,1-2H3,(H2,20,22,23)/t15-,16+/m0/s1. The molecule has 4 rings (SSSR count). The van der Waals surface area contributed by atoms with Crippen molar-refractivity contribution in [3.8, 4) is 0 Å². The lowest BCUT2D eigenvalue weighted by Crippen LogP contribution is -2.11. The SMILES string of the molecule is CC1(C)[C@@H](c2ccc(S(N)(=O)=O)cc2)[C@@H]1c1nc2ccc(Cl)cc2o1. The maximum atomic E-state index is 11.4. The van der Waals surface area contributed by atoms with Crippen LogP contribution in [-0.4, -0.2) is 13.4 Å². The van der Waals surface area contributed by atoms with Gasteiger partial charge in [0.15, 0.2) is 11.5 Å². The Hall–Kier alpha value is -1.89. The Balaban J connectivity index is 1.69. The number of primary sulfonamides is 1. The lowest BCUT2D eigenvalue weighted by atomic mass is 10.0. The van der Waals surface area contributed by atoms with Crippen LogP contribution in [0.25, 0.3) is 11.1 Å². The molecule has 0 unspecified atom stereocenters. The first-order chi connectivity index (χ1) is 11.7. The third-order valence-corrected chi connectivity index (χ3v) is 6.19. The lowest BCUT2D eigenvalue weighted by molar-refractivity contribution is 0.493. The van der Waals surface area contributed by atoms with Crippen LogP contribution in [0.3, 0.4) is 0 Å². The number of rotatable bonds is 3. The highest BCUT2D eigenvalue weighted by atomic mass is 35.5. The zero-order valence-corrected chi connectivity index (χ0v) is 15.3. The van der Waals surface area contributed by atoms with Gasteiger partial charge in [-0.05, 0) is 35.2 Å². The zero-order valence-electron chi connectivity index (χ0n) is 13.7. The van der Waals surface area contributed by atoms with Crippen molar-refractivity contribution in [3.05, 3.63) is 58.9 Å². The molecule has 0 spiro atoms. The van der Waals surface area contributed by atoms with Gasteiger partial charge in [0.2, 0.25) is 10.0 Å². The Kier molecular flexibility index (Phi) is 3.51. The molecule has 0 saturated heterocycles. The molecule has 1 aliphatic rings. The smallest absolute Gasteiger partial charge is 0.238 e. The molecule has 1 heterocycles. The number of sulfonamides is 1. The van der Waals surface area contributed by atoms with Crippen molar-refractivity contribution >= 4 is 32.7 Å². The molecule has 0 aliphatic heterocycles. The summed E-state index contributed by atoms with van der Waals surface area (Å²) in [6, 6.07) is 12.1. The number of fused-ring (bicyclic) bond motifs is 1. The largest absolute Gasteiger partial charge is 0.440 e. The van der Waals surface area contributed by atoms with Gasteiger partial charge in [-0.15, -0.1) is 0 Å². The van der Waals surface area contributed by atoms with Crippen molar-refractivity contribution in [2.24, 2.45) is 10.6 Å². The molecular weight excluding hydrogens is 360 g/mol. The van der Waals surface area contributed by atoms with Gasteiger partial charge < -0.3 is 4.42 Å². The van der Waals surface area contributed by atoms with E-state index in [0.717, 1.165) is 11.1 Å². The van der Waals surface area contributed by atoms with Crippen molar-refractivity contribution in [2.45, 2.75) is 30.6 Å². The highest BCUT2D eigenvalue weighted by Gasteiger charge is 2.61. The van der Waals surface area contributed by atoms with E-state index in [4.69, 9.17) is 21.2 Å². The quantitative estimate of drug-likeness (QED) is 0.747. The van der Waals surface area contributed by atoms with Crippen LogP contribution in [0.1, 0.15) is 37.1 Å². The minimum Gasteiger partial charge on any atom is -0.440 e. The summed E-state index contributed by atoms with van der Waals surface area (Å²) in [6.45, 7) is 4.30. The number of hydrogen-bond donors (Lipinski definition) is 1. The molecule has 5 nitrogen and oxygen atoms in total. The van der Waals surface area contributed by atoms with E-state index >= 15 is 0 Å². The average molecular weight is 377 g/mol. The van der Waals surface area contributed by atoms with Gasteiger partial charge in [-0.25, -0.2) is 18.5 Å². The fraction of sp³-hybridized carbons (Fsp3) is 0.278. The number of nitrogens with two attached hydrogens (primary N) is 1. The molecule has 2 N–H and O–H groups in total. The second-order valence-corrected chi connectivity index (χ2v) is 9.05. The third kappa shape index (κ3) is 2.74. The van der Waals surface area contributed by atoms with Crippen LogP contribution in [0, 0.1) is 5.41 Å². The first kappa shape index (κ1) is 16.6. The summed E-state index contributed by atoms with van der Waals surface area (Å²) in [5.41, 5.74) is 2.47. The average Bonchev–Trinajstić information content (AvgIpc) is 2.89. The van der Waals surface area contributed by atoms with E-state index in [1.165, 1.54) is 0 Å². The molecule has 1 aromatic heterocycles. The fourth-order valence-electron chi connectivity index (χ4n) is 3.63. The van der Waals surface area contributed by atoms with Gasteiger partial charge in [-0.3, -0.25) is 0 Å². The third-order valence-electron chi connectivity index (χ3n) is 5.03. The van der Waals surface area contributed by atoms with Gasteiger partial charge in [-0.1, -0.05) is 37.6 Å². The lowest BCUT2D eigenvalue weighted by Gasteiger charge is -2.04. The number of hydrogen-bond acceptors (Lipinski definition) is 4. The highest BCUT2D eigenvalue weighted by molar-refractivity contribution is 7.89. The number of aromatic nitrogens is 1. The summed E-state index contributed by atoms with van der Waals surface area (Å²) < 4.78 is 28.8. The van der Waals surface area contributed by atoms with Crippen LogP contribution in [0.4, 0.5) is 0 Å². The van der Waals surface area contributed by atoms with Gasteiger partial charge in [0.25, 0.3) is 0 Å². The van der Waals surface area contributed by atoms with Crippen molar-refractivity contribution in [1.29, 1.82) is 0 Å². The molecule has 7 heteroatoms. The van der Waals surface area contributed by atoms with Gasteiger partial charge in [0, 0.05) is 22.9 Å². The molecule has 0 radical (unpaired) electrons. The van der Waals surface area contributed by atoms with E-state index < -0.39 is 10.0 Å². The van der Waals surface area contributed by atoms with Crippen LogP contribution in [0.5, 0.6) is 0 Å². The van der Waals surface area contributed by atoms with Crippen molar-refractivity contribution < 1.29 is 12.8 Å². The first-order valence-corrected chi connectivity index (χ1v) is 9.79. The normalized spacial score (nSPS) is 22.2. The van der Waals surface area contributed by atoms with Gasteiger partial charge in [0.1, 0.15) is 5.52 Å². The van der Waals surface area contributed by atoms with Crippen molar-refractivity contribution in [3.63, 3.8) is 0 Å². The fourth-order valence-corrected chi connectivity index (χ4v) is 4.31. The Labute approximate surface area is 150 Å². The first-order valence-electron chi connectivity index (χ1n) is 7.87. The van der Waals surface area contributed by atoms with E-state index in [9.17, 15) is 8.42 Å². The Morgan fingerprint density at radius 2 is 1.80 bits per heavy atom. The van der Waals surface area contributed by atoms with Gasteiger partial charge >= 0.3 is 0 Å². The molecule has 25 heavy (non-hydrogen) atoms. The van der Waals surface area contributed by atoms with E-state index in [-0.39, 0.29) is 22.1 Å². The predicted molar refractivity (Wildman–Crippen MR) is 96.1 cm³/mol. The Morgan fingerprint density at radius 3 is 2.44 bits per heavy atom. The topological polar surface area (TPSA) is 86.2 Å². The number of oxazole rings is 1. The van der Waals surface area contributed by atoms with Gasteiger partial charge in [0.05, 0.1) is 4.90 Å². The van der Waals surface area contributed by atoms with Crippen LogP contribution < -0.4 is 5.14 Å². The van der Waals surface area contributed by atoms with Gasteiger partial charge in [-0.2, -0.15) is 0 Å². The van der Waals surface area contributed by atoms with E-state index in [1.807, 2.05) is 18.2 Å². The summed E-state index contributed by atoms with van der Waals surface area (Å²) in [7, 11) is -3.68. The molecule has 2 atom stereocenters. The minimum absolute atomic E-state index is 0.0340. The summed E-state index contributed by atoms with van der Waals surface area (Å²) in [5, 5.41) is 5.77. The van der Waals surface area contributed by atoms with Crippen LogP contribution >= 0.6 is 11.6 Å². The highest BCUT2D eigenvalue weighted by Crippen LogP contribution is 2.69. The van der Waals surface area contributed by atoms with E-state index in [2.05, 4.69) is 18.8 Å². The van der Waals surface area contributed by atoms with E-state index in [1.54, 1.807) is 24.3 Å². The van der Waals surface area contributed by atoms with Crippen molar-refractivity contribution in [1.82, 2.24) is 4.98 Å². The van der Waals surface area contributed by atoms with Crippen LogP contribution in [-0.2, 0) is 10.0 Å². The zero-order chi connectivity index (χ0) is 18.0. The number of halogens is 1. The summed E-state index contributed by atoms with van der Waals surface area (Å²) in [5.74, 6) is 1.01. The summed E-state index contributed by atoms with van der Waals surface area (Å²) in [4.78, 5) is 4.72. The second kappa shape index (κ2) is 5.30. The summed E-state index contributed by atoms with van der Waals surface area (Å²) in [6.07, 6.45) is 0. The molecule has 130 valence electrons. The molecule has 1 aliphatic carbocycles. The molecular formula is C18H17ClN2O3S. The predicted octanol–water partition coefficient (Wildman–Crippen LogP) is 4.04. The molecule has 1 fully saturated rings. The minimum atomic E-state index is -3.68. The Morgan fingerprint density at radius 1 is 1.12 bits per heavy atom. The monoisotopic (exact) mass is 376 g/mol. The second-order valence-electron chi connectivity index (χ2n) is 7.05. The van der Waals surface area contributed by atoms with Crippen LogP contribution in [0.15, 0.2) is 51.8 Å². The van der Waals surface area contributed by atoms with Crippen LogP contribution in [0.2, 0.25) is 5.02 Å². The molecule has 0 amide bonds.